The summed E-state index contributed by atoms with van der Waals surface area (Å²) in [5, 5.41) is 4.26. The van der Waals surface area contributed by atoms with Crippen molar-refractivity contribution >= 4 is 17.1 Å². The van der Waals surface area contributed by atoms with Gasteiger partial charge in [0.15, 0.2) is 5.78 Å². The summed E-state index contributed by atoms with van der Waals surface area (Å²) >= 11 is 1.50. The van der Waals surface area contributed by atoms with Crippen LogP contribution in [0.25, 0.3) is 0 Å². The molecule has 0 atom stereocenters. The van der Waals surface area contributed by atoms with Crippen molar-refractivity contribution in [3.8, 4) is 0 Å². The minimum atomic E-state index is 0.103. The molecule has 0 fully saturated rings. The summed E-state index contributed by atoms with van der Waals surface area (Å²) in [6.07, 6.45) is 2.15. The second-order valence-electron chi connectivity index (χ2n) is 3.55. The van der Waals surface area contributed by atoms with E-state index < -0.39 is 0 Å². The van der Waals surface area contributed by atoms with Crippen LogP contribution in [0.3, 0.4) is 0 Å². The van der Waals surface area contributed by atoms with Crippen LogP contribution in [-0.4, -0.2) is 20.5 Å². The lowest BCUT2D eigenvalue weighted by molar-refractivity contribution is 0.0983. The first-order chi connectivity index (χ1) is 7.70. The molecule has 0 aliphatic rings. The van der Waals surface area contributed by atoms with Gasteiger partial charge in [-0.25, -0.2) is 0 Å². The van der Waals surface area contributed by atoms with E-state index in [0.29, 0.717) is 12.1 Å². The molecule has 0 saturated carbocycles. The van der Waals surface area contributed by atoms with Crippen molar-refractivity contribution in [3.63, 3.8) is 0 Å². The molecule has 16 heavy (non-hydrogen) atoms. The Morgan fingerprint density at radius 1 is 1.56 bits per heavy atom. The molecule has 0 saturated heterocycles. The first-order valence-electron chi connectivity index (χ1n) is 5.15. The molecule has 0 aromatic carbocycles. The highest BCUT2D eigenvalue weighted by molar-refractivity contribution is 7.09. The largest absolute Gasteiger partial charge is 0.292 e. The fraction of sp³-hybridized carbons (Fsp3) is 0.364. The zero-order valence-electron chi connectivity index (χ0n) is 9.30. The number of nitrogens with zero attached hydrogens (tertiary/aromatic N) is 3. The van der Waals surface area contributed by atoms with E-state index in [-0.39, 0.29) is 5.78 Å². The highest BCUT2D eigenvalue weighted by Crippen LogP contribution is 2.12. The second kappa shape index (κ2) is 4.57. The molecule has 0 radical (unpaired) electrons. The Morgan fingerprint density at radius 2 is 2.38 bits per heavy atom. The smallest absolute Gasteiger partial charge is 0.186 e. The van der Waals surface area contributed by atoms with Gasteiger partial charge in [-0.15, -0.1) is 11.3 Å². The van der Waals surface area contributed by atoms with Gasteiger partial charge in [0, 0.05) is 24.0 Å². The van der Waals surface area contributed by atoms with E-state index in [1.807, 2.05) is 19.9 Å². The van der Waals surface area contributed by atoms with E-state index in [1.165, 1.54) is 11.3 Å². The summed E-state index contributed by atoms with van der Waals surface area (Å²) in [6, 6.07) is 1.84. The molecule has 0 amide bonds. The minimum absolute atomic E-state index is 0.103. The Balaban J connectivity index is 2.20. The summed E-state index contributed by atoms with van der Waals surface area (Å²) in [6.45, 7) is 4.60. The van der Waals surface area contributed by atoms with E-state index in [0.717, 1.165) is 17.1 Å². The number of Topliss-reactive ketones (excluding diaryl/α,β-unsaturated/α-hetero) is 1. The Hall–Kier alpha value is -1.49. The third-order valence-electron chi connectivity index (χ3n) is 2.31. The summed E-state index contributed by atoms with van der Waals surface area (Å²) in [5.41, 5.74) is 3.31. The lowest BCUT2D eigenvalue weighted by Crippen LogP contribution is -2.11. The molecule has 0 N–H and O–H groups in total. The number of thiazole rings is 1. The van der Waals surface area contributed by atoms with Crippen LogP contribution in [0.5, 0.6) is 0 Å². The van der Waals surface area contributed by atoms with E-state index >= 15 is 0 Å². The maximum atomic E-state index is 12.0. The molecule has 84 valence electrons. The number of aromatic nitrogens is 3. The number of ketones is 1. The van der Waals surface area contributed by atoms with Crippen LogP contribution >= 0.6 is 11.3 Å². The molecule has 2 heterocycles. The number of carbonyl (C=O) groups excluding carboxylic acids is 1. The van der Waals surface area contributed by atoms with Gasteiger partial charge >= 0.3 is 0 Å². The van der Waals surface area contributed by atoms with Crippen molar-refractivity contribution in [3.05, 3.63) is 34.0 Å². The number of carbonyl (C=O) groups is 1. The number of hydrogen-bond acceptors (Lipinski definition) is 4. The first-order valence-corrected chi connectivity index (χ1v) is 6.03. The van der Waals surface area contributed by atoms with Crippen LogP contribution in [-0.2, 0) is 13.0 Å². The highest BCUT2D eigenvalue weighted by Gasteiger charge is 2.14. The van der Waals surface area contributed by atoms with E-state index in [1.54, 1.807) is 16.4 Å². The fourth-order valence-corrected chi connectivity index (χ4v) is 2.18. The molecule has 2 aromatic heterocycles. The lowest BCUT2D eigenvalue weighted by atomic mass is 10.2. The Labute approximate surface area is 97.9 Å². The summed E-state index contributed by atoms with van der Waals surface area (Å²) in [7, 11) is 0. The van der Waals surface area contributed by atoms with Crippen LogP contribution in [0.4, 0.5) is 0 Å². The standard InChI is InChI=1S/C11H13N3OS/c1-3-14-10(4-8(2)13-14)11(15)5-9-6-12-7-16-9/h4,6-7H,3,5H2,1-2H3. The predicted molar refractivity (Wildman–Crippen MR) is 62.8 cm³/mol. The monoisotopic (exact) mass is 235 g/mol. The van der Waals surface area contributed by atoms with Gasteiger partial charge in [-0.3, -0.25) is 14.5 Å². The molecule has 2 rings (SSSR count). The zero-order valence-corrected chi connectivity index (χ0v) is 10.1. The number of rotatable bonds is 4. The second-order valence-corrected chi connectivity index (χ2v) is 4.53. The van der Waals surface area contributed by atoms with Crippen molar-refractivity contribution < 1.29 is 4.79 Å². The van der Waals surface area contributed by atoms with E-state index in [4.69, 9.17) is 0 Å². The summed E-state index contributed by atoms with van der Waals surface area (Å²) < 4.78 is 1.75. The lowest BCUT2D eigenvalue weighted by Gasteiger charge is -2.01. The molecule has 0 aliphatic heterocycles. The molecule has 5 heteroatoms. The molecule has 0 unspecified atom stereocenters. The Kier molecular flexibility index (Phi) is 3.14. The molecular weight excluding hydrogens is 222 g/mol. The van der Waals surface area contributed by atoms with Crippen molar-refractivity contribution in [2.75, 3.05) is 0 Å². The molecule has 0 aliphatic carbocycles. The van der Waals surface area contributed by atoms with Gasteiger partial charge in [-0.1, -0.05) is 0 Å². The zero-order chi connectivity index (χ0) is 11.5. The topological polar surface area (TPSA) is 47.8 Å². The average molecular weight is 235 g/mol. The van der Waals surface area contributed by atoms with Gasteiger partial charge in [-0.05, 0) is 19.9 Å². The van der Waals surface area contributed by atoms with Crippen LogP contribution in [0.2, 0.25) is 0 Å². The van der Waals surface area contributed by atoms with Gasteiger partial charge in [0.25, 0.3) is 0 Å². The van der Waals surface area contributed by atoms with Crippen LogP contribution in [0.15, 0.2) is 17.8 Å². The van der Waals surface area contributed by atoms with Gasteiger partial charge in [-0.2, -0.15) is 5.10 Å². The Morgan fingerprint density at radius 3 is 3.00 bits per heavy atom. The molecule has 0 bridgehead atoms. The van der Waals surface area contributed by atoms with E-state index in [2.05, 4.69) is 10.1 Å². The van der Waals surface area contributed by atoms with Crippen molar-refractivity contribution in [1.82, 2.24) is 14.8 Å². The minimum Gasteiger partial charge on any atom is -0.292 e. The molecule has 2 aromatic rings. The van der Waals surface area contributed by atoms with Crippen LogP contribution in [0.1, 0.15) is 28.0 Å². The van der Waals surface area contributed by atoms with Crippen molar-refractivity contribution in [1.29, 1.82) is 0 Å². The quantitative estimate of drug-likeness (QED) is 0.762. The van der Waals surface area contributed by atoms with Gasteiger partial charge in [0.05, 0.1) is 11.2 Å². The maximum absolute atomic E-state index is 12.0. The third-order valence-corrected chi connectivity index (χ3v) is 3.09. The number of hydrogen-bond donors (Lipinski definition) is 0. The van der Waals surface area contributed by atoms with Crippen molar-refractivity contribution in [2.45, 2.75) is 26.8 Å². The van der Waals surface area contributed by atoms with Gasteiger partial charge < -0.3 is 0 Å². The SMILES string of the molecule is CCn1nc(C)cc1C(=O)Cc1cncs1. The average Bonchev–Trinajstić information content (AvgIpc) is 2.86. The molecule has 4 nitrogen and oxygen atoms in total. The number of aryl methyl sites for hydroxylation is 2. The normalized spacial score (nSPS) is 10.6. The van der Waals surface area contributed by atoms with Gasteiger partial charge in [0.1, 0.15) is 5.69 Å². The summed E-state index contributed by atoms with van der Waals surface area (Å²) in [4.78, 5) is 17.0. The maximum Gasteiger partial charge on any atom is 0.186 e. The predicted octanol–water partition coefficient (Wildman–Crippen LogP) is 2.09. The van der Waals surface area contributed by atoms with Crippen molar-refractivity contribution in [2.24, 2.45) is 0 Å². The van der Waals surface area contributed by atoms with Gasteiger partial charge in [0.2, 0.25) is 0 Å². The summed E-state index contributed by atoms with van der Waals surface area (Å²) in [5.74, 6) is 0.103. The third kappa shape index (κ3) is 2.19. The first kappa shape index (κ1) is 11.0. The van der Waals surface area contributed by atoms with Crippen LogP contribution in [0, 0.1) is 6.92 Å². The van der Waals surface area contributed by atoms with E-state index in [9.17, 15) is 4.79 Å². The molecule has 0 spiro atoms. The fourth-order valence-electron chi connectivity index (χ4n) is 1.59. The molecular formula is C11H13N3OS. The highest BCUT2D eigenvalue weighted by atomic mass is 32.1. The van der Waals surface area contributed by atoms with Crippen LogP contribution < -0.4 is 0 Å². The Bertz CT molecular complexity index is 487.